The topological polar surface area (TPSA) is 50.7 Å². The monoisotopic (exact) mass is 226 g/mol. The van der Waals surface area contributed by atoms with Gasteiger partial charge in [0.05, 0.1) is 12.7 Å². The molecule has 4 nitrogen and oxygen atoms in total. The molecule has 0 amide bonds. The molecule has 0 bridgehead atoms. The Balaban J connectivity index is 2.02. The zero-order valence-electron chi connectivity index (χ0n) is 7.14. The van der Waals surface area contributed by atoms with Crippen LogP contribution in [-0.2, 0) is 6.54 Å². The number of hydrogen-bond donors (Lipinski definition) is 1. The molecule has 0 aliphatic carbocycles. The average molecular weight is 227 g/mol. The summed E-state index contributed by atoms with van der Waals surface area (Å²) in [5.41, 5.74) is 0. The van der Waals surface area contributed by atoms with Crippen LogP contribution in [0.4, 0.5) is 5.82 Å². The maximum Gasteiger partial charge on any atom is 0.148 e. The summed E-state index contributed by atoms with van der Waals surface area (Å²) in [5, 5.41) is 6.53. The molecule has 0 atom stereocenters. The van der Waals surface area contributed by atoms with Crippen LogP contribution in [0, 0.1) is 0 Å². The predicted octanol–water partition coefficient (Wildman–Crippen LogP) is 2.20. The predicted molar refractivity (Wildman–Crippen MR) is 56.5 cm³/mol. The molecular formula is C8H7ClN4S. The highest BCUT2D eigenvalue weighted by Crippen LogP contribution is 2.17. The summed E-state index contributed by atoms with van der Waals surface area (Å²) < 4.78 is 0. The molecule has 0 fully saturated rings. The highest BCUT2D eigenvalue weighted by molar-refractivity contribution is 7.09. The number of halogens is 1. The molecular weight excluding hydrogens is 220 g/mol. The second-order valence-electron chi connectivity index (χ2n) is 2.50. The van der Waals surface area contributed by atoms with Crippen LogP contribution in [0.25, 0.3) is 0 Å². The first-order valence-corrected chi connectivity index (χ1v) is 5.20. The van der Waals surface area contributed by atoms with E-state index in [4.69, 9.17) is 11.6 Å². The van der Waals surface area contributed by atoms with E-state index in [-0.39, 0.29) is 0 Å². The molecule has 0 aliphatic rings. The largest absolute Gasteiger partial charge is 0.362 e. The Morgan fingerprint density at radius 2 is 2.36 bits per heavy atom. The second kappa shape index (κ2) is 4.34. The minimum Gasteiger partial charge on any atom is -0.362 e. The first kappa shape index (κ1) is 9.36. The fraction of sp³-hybridized carbons (Fsp3) is 0.125. The molecule has 2 rings (SSSR count). The number of nitrogens with one attached hydrogen (secondary N) is 1. The lowest BCUT2D eigenvalue weighted by Gasteiger charge is -2.03. The van der Waals surface area contributed by atoms with Gasteiger partial charge in [0.1, 0.15) is 22.2 Å². The fourth-order valence-electron chi connectivity index (χ4n) is 0.942. The highest BCUT2D eigenvalue weighted by atomic mass is 35.5. The minimum atomic E-state index is 0.518. The van der Waals surface area contributed by atoms with Crippen LogP contribution in [0.3, 0.4) is 0 Å². The van der Waals surface area contributed by atoms with Crippen LogP contribution in [0.15, 0.2) is 24.1 Å². The lowest BCUT2D eigenvalue weighted by molar-refractivity contribution is 1.06. The van der Waals surface area contributed by atoms with E-state index < -0.39 is 0 Å². The van der Waals surface area contributed by atoms with Gasteiger partial charge in [-0.05, 0) is 0 Å². The summed E-state index contributed by atoms with van der Waals surface area (Å²) in [6.07, 6.45) is 4.78. The number of anilines is 1. The van der Waals surface area contributed by atoms with Gasteiger partial charge < -0.3 is 5.32 Å². The van der Waals surface area contributed by atoms with Crippen LogP contribution in [-0.4, -0.2) is 15.0 Å². The molecule has 0 aromatic carbocycles. The van der Waals surface area contributed by atoms with E-state index in [2.05, 4.69) is 20.3 Å². The Hall–Kier alpha value is -1.20. The van der Waals surface area contributed by atoms with Gasteiger partial charge >= 0.3 is 0 Å². The lowest BCUT2D eigenvalue weighted by atomic mass is 10.5. The normalized spacial score (nSPS) is 10.1. The fourth-order valence-corrected chi connectivity index (χ4v) is 1.67. The summed E-state index contributed by atoms with van der Waals surface area (Å²) in [6.45, 7) is 0.633. The number of aromatic nitrogens is 3. The summed E-state index contributed by atoms with van der Waals surface area (Å²) in [6, 6.07) is 0. The lowest BCUT2D eigenvalue weighted by Crippen LogP contribution is -2.01. The van der Waals surface area contributed by atoms with Gasteiger partial charge in [0.15, 0.2) is 0 Å². The number of hydrogen-bond acceptors (Lipinski definition) is 5. The Bertz CT molecular complexity index is 403. The van der Waals surface area contributed by atoms with Crippen LogP contribution in [0.2, 0.25) is 5.02 Å². The van der Waals surface area contributed by atoms with Crippen LogP contribution >= 0.6 is 22.9 Å². The number of thiazole rings is 1. The van der Waals surface area contributed by atoms with E-state index in [1.54, 1.807) is 23.7 Å². The van der Waals surface area contributed by atoms with Gasteiger partial charge in [-0.2, -0.15) is 0 Å². The summed E-state index contributed by atoms with van der Waals surface area (Å²) in [4.78, 5) is 11.9. The molecule has 72 valence electrons. The van der Waals surface area contributed by atoms with Crippen LogP contribution in [0.1, 0.15) is 5.01 Å². The van der Waals surface area contributed by atoms with Crippen molar-refractivity contribution >= 4 is 28.8 Å². The first-order chi connectivity index (χ1) is 6.86. The molecule has 0 unspecified atom stereocenters. The summed E-state index contributed by atoms with van der Waals surface area (Å²) in [5.74, 6) is 0.636. The average Bonchev–Trinajstić information content (AvgIpc) is 2.69. The van der Waals surface area contributed by atoms with Crippen LogP contribution < -0.4 is 5.32 Å². The third-order valence-corrected chi connectivity index (χ3v) is 2.61. The SMILES string of the molecule is Clc1cncnc1NCc1nccs1. The molecule has 14 heavy (non-hydrogen) atoms. The molecule has 0 radical (unpaired) electrons. The summed E-state index contributed by atoms with van der Waals surface area (Å²) >= 11 is 7.45. The zero-order valence-corrected chi connectivity index (χ0v) is 8.72. The molecule has 0 aliphatic heterocycles. The van der Waals surface area contributed by atoms with Crippen molar-refractivity contribution in [1.29, 1.82) is 0 Å². The molecule has 1 N–H and O–H groups in total. The van der Waals surface area contributed by atoms with Crippen molar-refractivity contribution in [1.82, 2.24) is 15.0 Å². The minimum absolute atomic E-state index is 0.518. The molecule has 2 aromatic heterocycles. The molecule has 2 aromatic rings. The quantitative estimate of drug-likeness (QED) is 0.872. The maximum absolute atomic E-state index is 5.86. The van der Waals surface area contributed by atoms with Crippen LogP contribution in [0.5, 0.6) is 0 Å². The van der Waals surface area contributed by atoms with Gasteiger partial charge in [0, 0.05) is 11.6 Å². The Kier molecular flexibility index (Phi) is 2.90. The van der Waals surface area contributed by atoms with E-state index in [9.17, 15) is 0 Å². The van der Waals surface area contributed by atoms with Gasteiger partial charge in [0.2, 0.25) is 0 Å². The van der Waals surface area contributed by atoms with E-state index >= 15 is 0 Å². The molecule has 0 saturated carbocycles. The van der Waals surface area contributed by atoms with E-state index in [1.807, 2.05) is 5.38 Å². The standard InChI is InChI=1S/C8H7ClN4S/c9-6-3-10-5-13-8(6)12-4-7-11-1-2-14-7/h1-3,5H,4H2,(H,10,12,13). The first-order valence-electron chi connectivity index (χ1n) is 3.94. The summed E-state index contributed by atoms with van der Waals surface area (Å²) in [7, 11) is 0. The zero-order chi connectivity index (χ0) is 9.80. The molecule has 0 spiro atoms. The van der Waals surface area contributed by atoms with Crippen molar-refractivity contribution in [3.8, 4) is 0 Å². The van der Waals surface area contributed by atoms with Crippen molar-refractivity contribution in [3.05, 3.63) is 34.1 Å². The third kappa shape index (κ3) is 2.18. The molecule has 0 saturated heterocycles. The number of rotatable bonds is 3. The molecule has 2 heterocycles. The maximum atomic E-state index is 5.86. The van der Waals surface area contributed by atoms with Crippen molar-refractivity contribution in [2.45, 2.75) is 6.54 Å². The van der Waals surface area contributed by atoms with E-state index in [1.165, 1.54) is 6.33 Å². The Labute approximate surface area is 90.0 Å². The smallest absolute Gasteiger partial charge is 0.148 e. The highest BCUT2D eigenvalue weighted by Gasteiger charge is 2.01. The van der Waals surface area contributed by atoms with Gasteiger partial charge in [-0.1, -0.05) is 11.6 Å². The number of nitrogens with zero attached hydrogens (tertiary/aromatic N) is 3. The van der Waals surface area contributed by atoms with Crippen molar-refractivity contribution in [2.24, 2.45) is 0 Å². The third-order valence-electron chi connectivity index (χ3n) is 1.56. The Morgan fingerprint density at radius 1 is 1.43 bits per heavy atom. The van der Waals surface area contributed by atoms with Crippen molar-refractivity contribution < 1.29 is 0 Å². The van der Waals surface area contributed by atoms with Crippen molar-refractivity contribution in [2.75, 3.05) is 5.32 Å². The van der Waals surface area contributed by atoms with Gasteiger partial charge in [-0.25, -0.2) is 15.0 Å². The van der Waals surface area contributed by atoms with Gasteiger partial charge in [0.25, 0.3) is 0 Å². The Morgan fingerprint density at radius 3 is 3.07 bits per heavy atom. The van der Waals surface area contributed by atoms with Gasteiger partial charge in [-0.15, -0.1) is 11.3 Å². The van der Waals surface area contributed by atoms with Gasteiger partial charge in [-0.3, -0.25) is 0 Å². The van der Waals surface area contributed by atoms with Crippen molar-refractivity contribution in [3.63, 3.8) is 0 Å². The van der Waals surface area contributed by atoms with E-state index in [0.717, 1.165) is 5.01 Å². The van der Waals surface area contributed by atoms with E-state index in [0.29, 0.717) is 17.4 Å². The molecule has 6 heteroatoms. The second-order valence-corrected chi connectivity index (χ2v) is 3.88.